The smallest absolute Gasteiger partial charge is 0.250 e. The highest BCUT2D eigenvalue weighted by Crippen LogP contribution is 2.26. The molecular formula is C20H20BrN5O3S. The molecule has 2 N–H and O–H groups in total. The zero-order valence-electron chi connectivity index (χ0n) is 16.4. The molecule has 0 radical (unpaired) electrons. The van der Waals surface area contributed by atoms with Crippen molar-refractivity contribution >= 4 is 39.8 Å². The zero-order valence-corrected chi connectivity index (χ0v) is 18.8. The van der Waals surface area contributed by atoms with Crippen molar-refractivity contribution in [1.29, 1.82) is 0 Å². The number of amides is 1. The molecule has 0 bridgehead atoms. The van der Waals surface area contributed by atoms with Gasteiger partial charge in [0.25, 0.3) is 5.91 Å². The predicted molar refractivity (Wildman–Crippen MR) is 120 cm³/mol. The first-order valence-electron chi connectivity index (χ1n) is 9.03. The number of benzene rings is 2. The van der Waals surface area contributed by atoms with Gasteiger partial charge in [-0.3, -0.25) is 4.79 Å². The molecule has 1 aromatic heterocycles. The molecule has 0 spiro atoms. The molecule has 156 valence electrons. The Morgan fingerprint density at radius 1 is 1.33 bits per heavy atom. The average Bonchev–Trinajstić information content (AvgIpc) is 3.09. The van der Waals surface area contributed by atoms with Crippen molar-refractivity contribution < 1.29 is 14.6 Å². The topological polar surface area (TPSA) is 102 Å². The van der Waals surface area contributed by atoms with Crippen LogP contribution in [0.3, 0.4) is 0 Å². The fraction of sp³-hybridized carbons (Fsp3) is 0.200. The van der Waals surface area contributed by atoms with Gasteiger partial charge in [0.05, 0.1) is 18.6 Å². The van der Waals surface area contributed by atoms with Crippen molar-refractivity contribution in [2.45, 2.75) is 12.1 Å². The number of carbonyl (C=O) groups is 1. The van der Waals surface area contributed by atoms with Crippen LogP contribution in [0.25, 0.3) is 11.4 Å². The lowest BCUT2D eigenvalue weighted by molar-refractivity contribution is -0.118. The number of hydrazone groups is 1. The highest BCUT2D eigenvalue weighted by Gasteiger charge is 2.13. The largest absolute Gasteiger partial charge is 0.504 e. The minimum atomic E-state index is -0.279. The van der Waals surface area contributed by atoms with E-state index in [-0.39, 0.29) is 17.4 Å². The molecule has 0 aliphatic carbocycles. The molecule has 1 amide bonds. The maximum Gasteiger partial charge on any atom is 0.250 e. The summed E-state index contributed by atoms with van der Waals surface area (Å²) in [5, 5.41) is 22.8. The summed E-state index contributed by atoms with van der Waals surface area (Å²) in [6, 6.07) is 12.7. The number of nitrogens with zero attached hydrogens (tertiary/aromatic N) is 4. The standard InChI is InChI=1S/C20H20BrN5O3S/c1-3-29-17-8-7-13(9-16(17)27)11-22-23-18(28)12-30-20-25-24-19(26(20)2)14-5-4-6-15(21)10-14/h4-11,27H,3,12H2,1-2H3,(H,23,28)/b22-11+. The van der Waals surface area contributed by atoms with E-state index >= 15 is 0 Å². The third-order valence-electron chi connectivity index (χ3n) is 3.94. The lowest BCUT2D eigenvalue weighted by Crippen LogP contribution is -2.19. The van der Waals surface area contributed by atoms with E-state index in [4.69, 9.17) is 4.74 Å². The molecule has 0 fully saturated rings. The van der Waals surface area contributed by atoms with Crippen LogP contribution in [0.15, 0.2) is 57.2 Å². The first-order valence-corrected chi connectivity index (χ1v) is 10.8. The molecule has 2 aromatic carbocycles. The molecule has 0 saturated heterocycles. The Labute approximate surface area is 186 Å². The van der Waals surface area contributed by atoms with Gasteiger partial charge < -0.3 is 14.4 Å². The summed E-state index contributed by atoms with van der Waals surface area (Å²) in [7, 11) is 1.85. The molecule has 8 nitrogen and oxygen atoms in total. The summed E-state index contributed by atoms with van der Waals surface area (Å²) in [4.78, 5) is 12.1. The van der Waals surface area contributed by atoms with E-state index in [0.717, 1.165) is 10.0 Å². The third-order valence-corrected chi connectivity index (χ3v) is 5.45. The quantitative estimate of drug-likeness (QED) is 0.284. The van der Waals surface area contributed by atoms with Gasteiger partial charge in [-0.25, -0.2) is 5.43 Å². The average molecular weight is 490 g/mol. The van der Waals surface area contributed by atoms with Gasteiger partial charge >= 0.3 is 0 Å². The number of aromatic hydroxyl groups is 1. The molecular weight excluding hydrogens is 470 g/mol. The molecule has 0 aliphatic heterocycles. The summed E-state index contributed by atoms with van der Waals surface area (Å²) < 4.78 is 8.06. The Morgan fingerprint density at radius 3 is 2.90 bits per heavy atom. The molecule has 0 saturated carbocycles. The highest BCUT2D eigenvalue weighted by molar-refractivity contribution is 9.10. The van der Waals surface area contributed by atoms with Crippen molar-refractivity contribution in [3.05, 3.63) is 52.5 Å². The predicted octanol–water partition coefficient (Wildman–Crippen LogP) is 3.59. The van der Waals surface area contributed by atoms with Crippen LogP contribution in [-0.4, -0.2) is 44.4 Å². The zero-order chi connectivity index (χ0) is 21.5. The Morgan fingerprint density at radius 2 is 2.17 bits per heavy atom. The molecule has 0 unspecified atom stereocenters. The minimum Gasteiger partial charge on any atom is -0.504 e. The molecule has 1 heterocycles. The van der Waals surface area contributed by atoms with Crippen LogP contribution in [-0.2, 0) is 11.8 Å². The first kappa shape index (κ1) is 21.8. The number of phenols is 1. The summed E-state index contributed by atoms with van der Waals surface area (Å²) >= 11 is 4.71. The number of thioether (sulfide) groups is 1. The molecule has 30 heavy (non-hydrogen) atoms. The molecule has 3 rings (SSSR count). The summed E-state index contributed by atoms with van der Waals surface area (Å²) in [6.45, 7) is 2.30. The normalized spacial score (nSPS) is 11.0. The summed E-state index contributed by atoms with van der Waals surface area (Å²) in [6.07, 6.45) is 1.45. The SMILES string of the molecule is CCOc1ccc(/C=N/NC(=O)CSc2nnc(-c3cccc(Br)c3)n2C)cc1O. The molecule has 3 aromatic rings. The van der Waals surface area contributed by atoms with Gasteiger partial charge in [-0.1, -0.05) is 39.8 Å². The van der Waals surface area contributed by atoms with Crippen LogP contribution in [0, 0.1) is 0 Å². The second kappa shape index (κ2) is 10.3. The number of ether oxygens (including phenoxy) is 1. The monoisotopic (exact) mass is 489 g/mol. The van der Waals surface area contributed by atoms with E-state index in [9.17, 15) is 9.90 Å². The molecule has 10 heteroatoms. The second-order valence-corrected chi connectivity index (χ2v) is 7.98. The van der Waals surface area contributed by atoms with Crippen LogP contribution in [0.2, 0.25) is 0 Å². The lowest BCUT2D eigenvalue weighted by Gasteiger charge is -2.05. The number of carbonyl (C=O) groups excluding carboxylic acids is 1. The minimum absolute atomic E-state index is 0.0196. The fourth-order valence-electron chi connectivity index (χ4n) is 2.55. The molecule has 0 aliphatic rings. The van der Waals surface area contributed by atoms with E-state index in [1.807, 2.05) is 42.8 Å². The number of hydrogen-bond acceptors (Lipinski definition) is 7. The second-order valence-electron chi connectivity index (χ2n) is 6.12. The fourth-order valence-corrected chi connectivity index (χ4v) is 3.66. The number of rotatable bonds is 8. The van der Waals surface area contributed by atoms with Crippen molar-refractivity contribution in [2.24, 2.45) is 12.1 Å². The van der Waals surface area contributed by atoms with Crippen LogP contribution in [0.1, 0.15) is 12.5 Å². The summed E-state index contributed by atoms with van der Waals surface area (Å²) in [5.41, 5.74) is 4.02. The first-order chi connectivity index (χ1) is 14.5. The van der Waals surface area contributed by atoms with Gasteiger partial charge in [-0.05, 0) is 42.8 Å². The van der Waals surface area contributed by atoms with Gasteiger partial charge in [0, 0.05) is 17.1 Å². The van der Waals surface area contributed by atoms with E-state index < -0.39 is 0 Å². The number of aromatic nitrogens is 3. The summed E-state index contributed by atoms with van der Waals surface area (Å²) in [5.74, 6) is 0.995. The Balaban J connectivity index is 1.54. The number of nitrogens with one attached hydrogen (secondary N) is 1. The van der Waals surface area contributed by atoms with Crippen LogP contribution >= 0.6 is 27.7 Å². The lowest BCUT2D eigenvalue weighted by atomic mass is 10.2. The van der Waals surface area contributed by atoms with Crippen LogP contribution in [0.5, 0.6) is 11.5 Å². The van der Waals surface area contributed by atoms with Crippen molar-refractivity contribution in [2.75, 3.05) is 12.4 Å². The van der Waals surface area contributed by atoms with Gasteiger partial charge in [-0.2, -0.15) is 5.10 Å². The number of hydrogen-bond donors (Lipinski definition) is 2. The van der Waals surface area contributed by atoms with E-state index in [2.05, 4.69) is 36.7 Å². The Kier molecular flexibility index (Phi) is 7.47. The van der Waals surface area contributed by atoms with Gasteiger partial charge in [0.2, 0.25) is 0 Å². The van der Waals surface area contributed by atoms with Crippen molar-refractivity contribution in [3.8, 4) is 22.9 Å². The van der Waals surface area contributed by atoms with E-state index in [1.165, 1.54) is 24.0 Å². The van der Waals surface area contributed by atoms with E-state index in [0.29, 0.717) is 28.9 Å². The third kappa shape index (κ3) is 5.61. The Hall–Kier alpha value is -2.85. The number of phenolic OH excluding ortho intramolecular Hbond substituents is 1. The van der Waals surface area contributed by atoms with Gasteiger partial charge in [-0.15, -0.1) is 10.2 Å². The van der Waals surface area contributed by atoms with Crippen molar-refractivity contribution in [1.82, 2.24) is 20.2 Å². The van der Waals surface area contributed by atoms with E-state index in [1.54, 1.807) is 12.1 Å². The Bertz CT molecular complexity index is 1070. The van der Waals surface area contributed by atoms with Crippen LogP contribution in [0.4, 0.5) is 0 Å². The van der Waals surface area contributed by atoms with Gasteiger partial charge in [0.1, 0.15) is 0 Å². The van der Waals surface area contributed by atoms with Crippen molar-refractivity contribution in [3.63, 3.8) is 0 Å². The molecule has 0 atom stereocenters. The van der Waals surface area contributed by atoms with Crippen LogP contribution < -0.4 is 10.2 Å². The maximum absolute atomic E-state index is 12.1. The van der Waals surface area contributed by atoms with Gasteiger partial charge in [0.15, 0.2) is 22.5 Å². The highest BCUT2D eigenvalue weighted by atomic mass is 79.9. The number of halogens is 1. The maximum atomic E-state index is 12.1.